The van der Waals surface area contributed by atoms with Gasteiger partial charge in [0.25, 0.3) is 0 Å². The molecule has 3 heteroatoms. The van der Waals surface area contributed by atoms with Gasteiger partial charge in [0.05, 0.1) is 19.0 Å². The van der Waals surface area contributed by atoms with Crippen LogP contribution >= 0.6 is 15.9 Å². The molecule has 0 aromatic carbocycles. The predicted octanol–water partition coefficient (Wildman–Crippen LogP) is 3.11. The van der Waals surface area contributed by atoms with E-state index in [2.05, 4.69) is 15.9 Å². The maximum atomic E-state index is 5.60. The molecule has 1 aromatic rings. The van der Waals surface area contributed by atoms with E-state index < -0.39 is 0 Å². The quantitative estimate of drug-likeness (QED) is 0.797. The standard InChI is InChI=1S/C9H11BrO2/c10-9-4-7(6-12-9)5-11-8-2-1-3-8/h4,6,8H,1-3,5H2. The van der Waals surface area contributed by atoms with Crippen molar-refractivity contribution in [1.82, 2.24) is 0 Å². The van der Waals surface area contributed by atoms with Crippen LogP contribution in [-0.4, -0.2) is 6.10 Å². The molecule has 1 heterocycles. The van der Waals surface area contributed by atoms with E-state index in [0.717, 1.165) is 10.2 Å². The zero-order valence-electron chi connectivity index (χ0n) is 6.75. The number of hydrogen-bond acceptors (Lipinski definition) is 2. The molecule has 0 amide bonds. The minimum atomic E-state index is 0.499. The lowest BCUT2D eigenvalue weighted by atomic mass is 9.96. The molecule has 0 N–H and O–H groups in total. The van der Waals surface area contributed by atoms with E-state index >= 15 is 0 Å². The van der Waals surface area contributed by atoms with E-state index in [4.69, 9.17) is 9.15 Å². The first-order valence-corrected chi connectivity index (χ1v) is 4.98. The monoisotopic (exact) mass is 230 g/mol. The minimum Gasteiger partial charge on any atom is -0.457 e. The third-order valence-electron chi connectivity index (χ3n) is 2.16. The summed E-state index contributed by atoms with van der Waals surface area (Å²) in [6, 6.07) is 1.94. The molecule has 1 aliphatic carbocycles. The summed E-state index contributed by atoms with van der Waals surface area (Å²) in [6.07, 6.45) is 5.99. The molecule has 0 bridgehead atoms. The highest BCUT2D eigenvalue weighted by atomic mass is 79.9. The topological polar surface area (TPSA) is 22.4 Å². The molecule has 2 nitrogen and oxygen atoms in total. The smallest absolute Gasteiger partial charge is 0.169 e. The first-order chi connectivity index (χ1) is 5.84. The summed E-state index contributed by atoms with van der Waals surface area (Å²) in [7, 11) is 0. The molecule has 12 heavy (non-hydrogen) atoms. The molecule has 66 valence electrons. The highest BCUT2D eigenvalue weighted by Gasteiger charge is 2.17. The van der Waals surface area contributed by atoms with Crippen LogP contribution in [0.15, 0.2) is 21.4 Å². The van der Waals surface area contributed by atoms with Gasteiger partial charge in [-0.2, -0.15) is 0 Å². The van der Waals surface area contributed by atoms with Crippen molar-refractivity contribution in [2.24, 2.45) is 0 Å². The van der Waals surface area contributed by atoms with Crippen molar-refractivity contribution in [3.05, 3.63) is 22.6 Å². The summed E-state index contributed by atoms with van der Waals surface area (Å²) in [5, 5.41) is 0. The van der Waals surface area contributed by atoms with Crippen LogP contribution in [0.3, 0.4) is 0 Å². The second-order valence-electron chi connectivity index (χ2n) is 3.12. The molecular weight excluding hydrogens is 220 g/mol. The first kappa shape index (κ1) is 8.32. The lowest BCUT2D eigenvalue weighted by Crippen LogP contribution is -2.20. The molecule has 0 saturated heterocycles. The molecule has 1 fully saturated rings. The predicted molar refractivity (Wildman–Crippen MR) is 48.8 cm³/mol. The maximum Gasteiger partial charge on any atom is 0.169 e. The van der Waals surface area contributed by atoms with Gasteiger partial charge in [-0.1, -0.05) is 0 Å². The fraction of sp³-hybridized carbons (Fsp3) is 0.556. The SMILES string of the molecule is Brc1cc(COC2CCC2)co1. The van der Waals surface area contributed by atoms with E-state index in [9.17, 15) is 0 Å². The number of ether oxygens (including phenoxy) is 1. The molecule has 0 spiro atoms. The Morgan fingerprint density at radius 3 is 2.92 bits per heavy atom. The van der Waals surface area contributed by atoms with Gasteiger partial charge in [-0.05, 0) is 41.3 Å². The van der Waals surface area contributed by atoms with E-state index in [0.29, 0.717) is 12.7 Å². The normalized spacial score (nSPS) is 17.8. The summed E-state index contributed by atoms with van der Waals surface area (Å²) in [6.45, 7) is 0.680. The van der Waals surface area contributed by atoms with Gasteiger partial charge in [-0.25, -0.2) is 0 Å². The maximum absolute atomic E-state index is 5.60. The van der Waals surface area contributed by atoms with Crippen LogP contribution in [-0.2, 0) is 11.3 Å². The second kappa shape index (κ2) is 3.62. The van der Waals surface area contributed by atoms with Gasteiger partial charge in [0, 0.05) is 5.56 Å². The summed E-state index contributed by atoms with van der Waals surface area (Å²) in [5.74, 6) is 0. The van der Waals surface area contributed by atoms with Crippen LogP contribution in [0, 0.1) is 0 Å². The Kier molecular flexibility index (Phi) is 2.51. The zero-order chi connectivity index (χ0) is 8.39. The van der Waals surface area contributed by atoms with E-state index in [-0.39, 0.29) is 0 Å². The van der Waals surface area contributed by atoms with Crippen LogP contribution < -0.4 is 0 Å². The lowest BCUT2D eigenvalue weighted by molar-refractivity contribution is -0.00883. The average Bonchev–Trinajstić information content (AvgIpc) is 2.32. The van der Waals surface area contributed by atoms with Crippen LogP contribution in [0.5, 0.6) is 0 Å². The number of rotatable bonds is 3. The van der Waals surface area contributed by atoms with Crippen LogP contribution in [0.1, 0.15) is 24.8 Å². The number of furan rings is 1. The lowest BCUT2D eigenvalue weighted by Gasteiger charge is -2.25. The van der Waals surface area contributed by atoms with Crippen molar-refractivity contribution in [1.29, 1.82) is 0 Å². The largest absolute Gasteiger partial charge is 0.457 e. The highest BCUT2D eigenvalue weighted by molar-refractivity contribution is 9.10. The summed E-state index contributed by atoms with van der Waals surface area (Å²) >= 11 is 3.25. The molecule has 1 aromatic heterocycles. The molecular formula is C9H11BrO2. The Hall–Kier alpha value is -0.280. The van der Waals surface area contributed by atoms with Crippen molar-refractivity contribution >= 4 is 15.9 Å². The fourth-order valence-corrected chi connectivity index (χ4v) is 1.56. The Balaban J connectivity index is 1.79. The molecule has 2 rings (SSSR count). The fourth-order valence-electron chi connectivity index (χ4n) is 1.17. The summed E-state index contributed by atoms with van der Waals surface area (Å²) < 4.78 is 11.5. The van der Waals surface area contributed by atoms with E-state index in [1.807, 2.05) is 6.07 Å². The third kappa shape index (κ3) is 1.90. The van der Waals surface area contributed by atoms with Crippen molar-refractivity contribution in [3.8, 4) is 0 Å². The van der Waals surface area contributed by atoms with Gasteiger partial charge in [0.15, 0.2) is 4.67 Å². The Morgan fingerprint density at radius 2 is 2.42 bits per heavy atom. The zero-order valence-corrected chi connectivity index (χ0v) is 8.34. The summed E-state index contributed by atoms with van der Waals surface area (Å²) in [5.41, 5.74) is 1.11. The molecule has 0 radical (unpaired) electrons. The van der Waals surface area contributed by atoms with Crippen molar-refractivity contribution in [2.45, 2.75) is 32.0 Å². The van der Waals surface area contributed by atoms with Crippen molar-refractivity contribution in [2.75, 3.05) is 0 Å². The Bertz CT molecular complexity index is 253. The van der Waals surface area contributed by atoms with Gasteiger partial charge >= 0.3 is 0 Å². The Morgan fingerprint density at radius 1 is 1.58 bits per heavy atom. The van der Waals surface area contributed by atoms with Crippen LogP contribution in [0.2, 0.25) is 0 Å². The van der Waals surface area contributed by atoms with Crippen molar-refractivity contribution in [3.63, 3.8) is 0 Å². The van der Waals surface area contributed by atoms with Crippen molar-refractivity contribution < 1.29 is 9.15 Å². The molecule has 1 saturated carbocycles. The second-order valence-corrected chi connectivity index (χ2v) is 3.90. The molecule has 0 unspecified atom stereocenters. The van der Waals surface area contributed by atoms with Gasteiger partial charge in [-0.3, -0.25) is 0 Å². The highest BCUT2D eigenvalue weighted by Crippen LogP contribution is 2.24. The van der Waals surface area contributed by atoms with E-state index in [1.54, 1.807) is 6.26 Å². The van der Waals surface area contributed by atoms with Gasteiger partial charge < -0.3 is 9.15 Å². The molecule has 1 aliphatic rings. The van der Waals surface area contributed by atoms with Crippen LogP contribution in [0.4, 0.5) is 0 Å². The summed E-state index contributed by atoms with van der Waals surface area (Å²) in [4.78, 5) is 0. The third-order valence-corrected chi connectivity index (χ3v) is 2.58. The molecule has 0 aliphatic heterocycles. The van der Waals surface area contributed by atoms with E-state index in [1.165, 1.54) is 19.3 Å². The van der Waals surface area contributed by atoms with Gasteiger partial charge in [-0.15, -0.1) is 0 Å². The van der Waals surface area contributed by atoms with Crippen LogP contribution in [0.25, 0.3) is 0 Å². The van der Waals surface area contributed by atoms with Gasteiger partial charge in [0.1, 0.15) is 0 Å². The first-order valence-electron chi connectivity index (χ1n) is 4.19. The number of halogens is 1. The number of hydrogen-bond donors (Lipinski definition) is 0. The van der Waals surface area contributed by atoms with Gasteiger partial charge in [0.2, 0.25) is 0 Å². The average molecular weight is 231 g/mol. The Labute approximate surface area is 80.0 Å². The molecule has 0 atom stereocenters. The minimum absolute atomic E-state index is 0.499.